The van der Waals surface area contributed by atoms with Crippen LogP contribution in [0.2, 0.25) is 0 Å². The first-order valence-electron chi connectivity index (χ1n) is 5.05. The Hall–Kier alpha value is -1.30. The lowest BCUT2D eigenvalue weighted by Crippen LogP contribution is -2.11. The Morgan fingerprint density at radius 2 is 2.12 bits per heavy atom. The number of aromatic nitrogens is 2. The second-order valence-corrected chi connectivity index (χ2v) is 5.83. The van der Waals surface area contributed by atoms with Gasteiger partial charge in [-0.2, -0.15) is 0 Å². The molecule has 6 heteroatoms. The van der Waals surface area contributed by atoms with E-state index in [0.717, 1.165) is 0 Å². The second kappa shape index (κ2) is 5.69. The van der Waals surface area contributed by atoms with Crippen LogP contribution in [0, 0.1) is 0 Å². The van der Waals surface area contributed by atoms with Crippen molar-refractivity contribution in [3.05, 3.63) is 24.3 Å². The predicted octanol–water partition coefficient (Wildman–Crippen LogP) is 0.874. The van der Waals surface area contributed by atoms with Crippen LogP contribution in [0.4, 0.5) is 0 Å². The molecule has 16 heavy (non-hydrogen) atoms. The minimum atomic E-state index is -2.99. The van der Waals surface area contributed by atoms with Gasteiger partial charge in [0, 0.05) is 24.6 Å². The molecule has 0 aliphatic rings. The Kier molecular flexibility index (Phi) is 4.54. The van der Waals surface area contributed by atoms with Gasteiger partial charge in [-0.15, -0.1) is 0 Å². The predicted molar refractivity (Wildman–Crippen MR) is 59.9 cm³/mol. The molecule has 0 bridgehead atoms. The maximum Gasteiger partial charge on any atom is 0.182 e. The molecule has 1 aromatic rings. The standard InChI is InChI=1S/C10H14N2O3S/c1-2-16(14,15)7-3-4-10(13)9-8-11-5-6-12-9/h5-6,8H,2-4,7H2,1H3. The van der Waals surface area contributed by atoms with E-state index in [0.29, 0.717) is 6.42 Å². The fourth-order valence-corrected chi connectivity index (χ4v) is 2.04. The lowest BCUT2D eigenvalue weighted by molar-refractivity contribution is 0.0977. The SMILES string of the molecule is CCS(=O)(=O)CCCC(=O)c1cnccn1. The highest BCUT2D eigenvalue weighted by Crippen LogP contribution is 2.03. The molecule has 1 rings (SSSR count). The number of sulfone groups is 1. The number of carbonyl (C=O) groups excluding carboxylic acids is 1. The van der Waals surface area contributed by atoms with Crippen molar-refractivity contribution in [2.24, 2.45) is 0 Å². The number of rotatable bonds is 6. The maximum atomic E-state index is 11.5. The average Bonchev–Trinajstić information content (AvgIpc) is 2.30. The van der Waals surface area contributed by atoms with Crippen molar-refractivity contribution in [3.63, 3.8) is 0 Å². The first-order valence-corrected chi connectivity index (χ1v) is 6.87. The highest BCUT2D eigenvalue weighted by atomic mass is 32.2. The van der Waals surface area contributed by atoms with Crippen molar-refractivity contribution >= 4 is 15.6 Å². The first kappa shape index (κ1) is 12.8. The van der Waals surface area contributed by atoms with E-state index >= 15 is 0 Å². The molecule has 0 saturated heterocycles. The Bertz CT molecular complexity index is 442. The van der Waals surface area contributed by atoms with Gasteiger partial charge in [0.2, 0.25) is 0 Å². The third-order valence-corrected chi connectivity index (χ3v) is 3.94. The summed E-state index contributed by atoms with van der Waals surface area (Å²) in [7, 11) is -2.99. The fourth-order valence-electron chi connectivity index (χ4n) is 1.17. The molecule has 0 fully saturated rings. The molecule has 1 heterocycles. The zero-order chi connectivity index (χ0) is 12.0. The topological polar surface area (TPSA) is 77.0 Å². The number of Topliss-reactive ketones (excluding diaryl/α,β-unsaturated/α-hetero) is 1. The van der Waals surface area contributed by atoms with E-state index in [4.69, 9.17) is 0 Å². The van der Waals surface area contributed by atoms with E-state index in [-0.39, 0.29) is 29.4 Å². The summed E-state index contributed by atoms with van der Waals surface area (Å²) in [6.45, 7) is 1.60. The van der Waals surface area contributed by atoms with Gasteiger partial charge in [0.15, 0.2) is 5.78 Å². The zero-order valence-electron chi connectivity index (χ0n) is 9.09. The van der Waals surface area contributed by atoms with Gasteiger partial charge in [-0.25, -0.2) is 13.4 Å². The molecule has 0 radical (unpaired) electrons. The number of hydrogen-bond donors (Lipinski definition) is 0. The van der Waals surface area contributed by atoms with Crippen LogP contribution < -0.4 is 0 Å². The Labute approximate surface area is 94.8 Å². The van der Waals surface area contributed by atoms with Crippen LogP contribution in [0.1, 0.15) is 30.3 Å². The summed E-state index contributed by atoms with van der Waals surface area (Å²) in [4.78, 5) is 19.2. The molecule has 5 nitrogen and oxygen atoms in total. The first-order chi connectivity index (χ1) is 7.55. The lowest BCUT2D eigenvalue weighted by atomic mass is 10.2. The van der Waals surface area contributed by atoms with Crippen molar-refractivity contribution < 1.29 is 13.2 Å². The Morgan fingerprint density at radius 1 is 1.38 bits per heavy atom. The Balaban J connectivity index is 2.43. The maximum absolute atomic E-state index is 11.5. The monoisotopic (exact) mass is 242 g/mol. The van der Waals surface area contributed by atoms with Gasteiger partial charge in [-0.3, -0.25) is 9.78 Å². The smallest absolute Gasteiger partial charge is 0.182 e. The summed E-state index contributed by atoms with van der Waals surface area (Å²) in [6.07, 6.45) is 4.84. The summed E-state index contributed by atoms with van der Waals surface area (Å²) in [5.41, 5.74) is 0.288. The van der Waals surface area contributed by atoms with E-state index in [1.54, 1.807) is 6.92 Å². The third kappa shape index (κ3) is 4.06. The molecule has 0 aliphatic heterocycles. The van der Waals surface area contributed by atoms with Crippen molar-refractivity contribution in [2.45, 2.75) is 19.8 Å². The second-order valence-electron chi connectivity index (χ2n) is 3.35. The third-order valence-electron chi connectivity index (χ3n) is 2.15. The van der Waals surface area contributed by atoms with Crippen molar-refractivity contribution in [1.82, 2.24) is 9.97 Å². The summed E-state index contributed by atoms with van der Waals surface area (Å²) in [5.74, 6) is 0.00127. The molecular weight excluding hydrogens is 228 g/mol. The van der Waals surface area contributed by atoms with Gasteiger partial charge in [0.1, 0.15) is 15.5 Å². The molecule has 0 amide bonds. The molecule has 0 aliphatic carbocycles. The van der Waals surface area contributed by atoms with Gasteiger partial charge < -0.3 is 0 Å². The zero-order valence-corrected chi connectivity index (χ0v) is 9.90. The van der Waals surface area contributed by atoms with Crippen LogP contribution >= 0.6 is 0 Å². The number of ketones is 1. The van der Waals surface area contributed by atoms with Gasteiger partial charge in [-0.05, 0) is 6.42 Å². The molecule has 0 spiro atoms. The van der Waals surface area contributed by atoms with E-state index < -0.39 is 9.84 Å². The van der Waals surface area contributed by atoms with Crippen molar-refractivity contribution in [3.8, 4) is 0 Å². The summed E-state index contributed by atoms with van der Waals surface area (Å²) in [5, 5.41) is 0. The van der Waals surface area contributed by atoms with E-state index in [9.17, 15) is 13.2 Å². The molecule has 0 N–H and O–H groups in total. The minimum absolute atomic E-state index is 0.0511. The van der Waals surface area contributed by atoms with Gasteiger partial charge in [0.25, 0.3) is 0 Å². The Morgan fingerprint density at radius 3 is 2.69 bits per heavy atom. The number of nitrogens with zero attached hydrogens (tertiary/aromatic N) is 2. The largest absolute Gasteiger partial charge is 0.292 e. The van der Waals surface area contributed by atoms with Crippen LogP contribution in [0.15, 0.2) is 18.6 Å². The molecule has 0 aromatic carbocycles. The summed E-state index contributed by atoms with van der Waals surface area (Å²) >= 11 is 0. The molecule has 0 saturated carbocycles. The fraction of sp³-hybridized carbons (Fsp3) is 0.500. The number of carbonyl (C=O) groups is 1. The summed E-state index contributed by atoms with van der Waals surface area (Å²) in [6, 6.07) is 0. The van der Waals surface area contributed by atoms with Crippen LogP contribution in [-0.4, -0.2) is 35.7 Å². The van der Waals surface area contributed by atoms with E-state index in [1.165, 1.54) is 18.6 Å². The molecular formula is C10H14N2O3S. The van der Waals surface area contributed by atoms with Gasteiger partial charge in [-0.1, -0.05) is 6.92 Å². The van der Waals surface area contributed by atoms with Crippen LogP contribution in [-0.2, 0) is 9.84 Å². The lowest BCUT2D eigenvalue weighted by Gasteiger charge is -2.00. The normalized spacial score (nSPS) is 11.3. The molecule has 0 unspecified atom stereocenters. The highest BCUT2D eigenvalue weighted by Gasteiger charge is 2.11. The molecule has 0 atom stereocenters. The van der Waals surface area contributed by atoms with Crippen molar-refractivity contribution in [2.75, 3.05) is 11.5 Å². The van der Waals surface area contributed by atoms with Crippen molar-refractivity contribution in [1.29, 1.82) is 0 Å². The van der Waals surface area contributed by atoms with E-state index in [1.807, 2.05) is 0 Å². The van der Waals surface area contributed by atoms with Gasteiger partial charge in [0.05, 0.1) is 11.9 Å². The number of hydrogen-bond acceptors (Lipinski definition) is 5. The van der Waals surface area contributed by atoms with Crippen LogP contribution in [0.25, 0.3) is 0 Å². The average molecular weight is 242 g/mol. The highest BCUT2D eigenvalue weighted by molar-refractivity contribution is 7.91. The molecule has 1 aromatic heterocycles. The quantitative estimate of drug-likeness (QED) is 0.692. The van der Waals surface area contributed by atoms with Gasteiger partial charge >= 0.3 is 0 Å². The van der Waals surface area contributed by atoms with Crippen LogP contribution in [0.5, 0.6) is 0 Å². The van der Waals surface area contributed by atoms with Crippen LogP contribution in [0.3, 0.4) is 0 Å². The molecule has 88 valence electrons. The van der Waals surface area contributed by atoms with E-state index in [2.05, 4.69) is 9.97 Å². The minimum Gasteiger partial charge on any atom is -0.292 e. The summed E-state index contributed by atoms with van der Waals surface area (Å²) < 4.78 is 22.4.